The molecule has 1 spiro atoms. The van der Waals surface area contributed by atoms with E-state index in [0.29, 0.717) is 23.6 Å². The molecule has 2 aliphatic rings. The molecule has 0 radical (unpaired) electrons. The van der Waals surface area contributed by atoms with E-state index in [1.807, 2.05) is 19.1 Å². The molecule has 3 rings (SSSR count). The van der Waals surface area contributed by atoms with Gasteiger partial charge >= 0.3 is 6.03 Å². The molecule has 1 aromatic rings. The molecule has 2 aliphatic heterocycles. The van der Waals surface area contributed by atoms with Crippen LogP contribution >= 0.6 is 23.4 Å². The van der Waals surface area contributed by atoms with Crippen molar-refractivity contribution in [2.24, 2.45) is 0 Å². The van der Waals surface area contributed by atoms with Gasteiger partial charge in [0.2, 0.25) is 5.91 Å². The zero-order chi connectivity index (χ0) is 18.0. The van der Waals surface area contributed by atoms with Crippen LogP contribution < -0.4 is 10.6 Å². The summed E-state index contributed by atoms with van der Waals surface area (Å²) in [4.78, 5) is 38.1. The fourth-order valence-electron chi connectivity index (χ4n) is 3.15. The number of halogens is 1. The number of imide groups is 1. The van der Waals surface area contributed by atoms with Crippen molar-refractivity contribution in [1.82, 2.24) is 15.5 Å². The van der Waals surface area contributed by atoms with E-state index in [9.17, 15) is 14.4 Å². The van der Waals surface area contributed by atoms with E-state index in [0.717, 1.165) is 16.2 Å². The number of benzene rings is 1. The highest BCUT2D eigenvalue weighted by Gasteiger charge is 2.53. The third kappa shape index (κ3) is 3.62. The molecule has 134 valence electrons. The first-order valence-electron chi connectivity index (χ1n) is 8.22. The highest BCUT2D eigenvalue weighted by atomic mass is 35.5. The highest BCUT2D eigenvalue weighted by Crippen LogP contribution is 2.33. The summed E-state index contributed by atoms with van der Waals surface area (Å²) in [6.07, 6.45) is 1.30. The lowest BCUT2D eigenvalue weighted by atomic mass is 9.99. The summed E-state index contributed by atoms with van der Waals surface area (Å²) in [5, 5.41) is 6.28. The number of hydrogen-bond acceptors (Lipinski definition) is 4. The Morgan fingerprint density at radius 1 is 1.40 bits per heavy atom. The van der Waals surface area contributed by atoms with Gasteiger partial charge in [-0.15, -0.1) is 0 Å². The van der Waals surface area contributed by atoms with Crippen molar-refractivity contribution in [3.63, 3.8) is 0 Å². The number of nitrogens with one attached hydrogen (secondary N) is 2. The second kappa shape index (κ2) is 7.25. The Balaban J connectivity index is 1.64. The van der Waals surface area contributed by atoms with Crippen LogP contribution in [0.2, 0.25) is 5.02 Å². The van der Waals surface area contributed by atoms with E-state index < -0.39 is 11.6 Å². The monoisotopic (exact) mass is 381 g/mol. The first-order chi connectivity index (χ1) is 11.9. The van der Waals surface area contributed by atoms with E-state index in [-0.39, 0.29) is 24.4 Å². The van der Waals surface area contributed by atoms with Crippen molar-refractivity contribution in [3.05, 3.63) is 34.9 Å². The Kier molecular flexibility index (Phi) is 5.24. The van der Waals surface area contributed by atoms with Crippen LogP contribution in [0.3, 0.4) is 0 Å². The molecule has 0 aromatic heterocycles. The van der Waals surface area contributed by atoms with Crippen LogP contribution in [0.1, 0.15) is 31.4 Å². The molecule has 2 N–H and O–H groups in total. The minimum absolute atomic E-state index is 0.193. The summed E-state index contributed by atoms with van der Waals surface area (Å²) in [5.41, 5.74) is 0.114. The van der Waals surface area contributed by atoms with E-state index >= 15 is 0 Å². The van der Waals surface area contributed by atoms with Crippen LogP contribution in [0.15, 0.2) is 24.3 Å². The molecule has 6 nitrogen and oxygen atoms in total. The van der Waals surface area contributed by atoms with E-state index in [2.05, 4.69) is 10.6 Å². The average molecular weight is 382 g/mol. The Bertz CT molecular complexity index is 689. The molecule has 0 aliphatic carbocycles. The summed E-state index contributed by atoms with van der Waals surface area (Å²) in [6.45, 7) is 1.69. The number of carbonyl (C=O) groups is 3. The number of hydrogen-bond donors (Lipinski definition) is 2. The van der Waals surface area contributed by atoms with Crippen molar-refractivity contribution in [3.8, 4) is 0 Å². The average Bonchev–Trinajstić information content (AvgIpc) is 3.15. The normalized spacial score (nSPS) is 23.8. The maximum Gasteiger partial charge on any atom is 0.325 e. The molecule has 1 aromatic carbocycles. The molecule has 2 fully saturated rings. The van der Waals surface area contributed by atoms with Gasteiger partial charge in [0, 0.05) is 10.8 Å². The molecule has 2 saturated heterocycles. The fourth-order valence-corrected chi connectivity index (χ4v) is 4.60. The molecular weight excluding hydrogens is 362 g/mol. The Morgan fingerprint density at radius 2 is 2.12 bits per heavy atom. The van der Waals surface area contributed by atoms with Gasteiger partial charge in [0.25, 0.3) is 5.91 Å². The van der Waals surface area contributed by atoms with Crippen LogP contribution in [0, 0.1) is 0 Å². The van der Waals surface area contributed by atoms with Gasteiger partial charge in [0.15, 0.2) is 0 Å². The Labute approximate surface area is 155 Å². The fraction of sp³-hybridized carbons (Fsp3) is 0.471. The summed E-state index contributed by atoms with van der Waals surface area (Å²) in [5.74, 6) is 0.753. The van der Waals surface area contributed by atoms with E-state index in [4.69, 9.17) is 11.6 Å². The first-order valence-corrected chi connectivity index (χ1v) is 9.75. The van der Waals surface area contributed by atoms with Gasteiger partial charge < -0.3 is 10.6 Å². The van der Waals surface area contributed by atoms with Crippen LogP contribution in [0.25, 0.3) is 0 Å². The minimum atomic E-state index is -0.817. The van der Waals surface area contributed by atoms with Gasteiger partial charge in [-0.2, -0.15) is 11.8 Å². The summed E-state index contributed by atoms with van der Waals surface area (Å²) < 4.78 is 0. The topological polar surface area (TPSA) is 78.5 Å². The van der Waals surface area contributed by atoms with Gasteiger partial charge in [-0.05, 0) is 36.3 Å². The Morgan fingerprint density at radius 3 is 2.72 bits per heavy atom. The first kappa shape index (κ1) is 18.1. The van der Waals surface area contributed by atoms with Crippen molar-refractivity contribution < 1.29 is 14.4 Å². The minimum Gasteiger partial charge on any atom is -0.348 e. The molecule has 2 atom stereocenters. The number of thioether (sulfide) groups is 1. The number of rotatable bonds is 5. The van der Waals surface area contributed by atoms with Crippen molar-refractivity contribution >= 4 is 41.2 Å². The molecule has 25 heavy (non-hydrogen) atoms. The van der Waals surface area contributed by atoms with E-state index in [1.165, 1.54) is 0 Å². The largest absolute Gasteiger partial charge is 0.348 e. The van der Waals surface area contributed by atoms with Gasteiger partial charge in [-0.1, -0.05) is 30.7 Å². The van der Waals surface area contributed by atoms with Crippen molar-refractivity contribution in [1.29, 1.82) is 0 Å². The van der Waals surface area contributed by atoms with Crippen molar-refractivity contribution in [2.75, 3.05) is 18.1 Å². The quantitative estimate of drug-likeness (QED) is 0.767. The number of carbonyl (C=O) groups excluding carboxylic acids is 3. The molecule has 4 amide bonds. The summed E-state index contributed by atoms with van der Waals surface area (Å²) in [6, 6.07) is 6.57. The van der Waals surface area contributed by atoms with Crippen LogP contribution in [-0.2, 0) is 9.59 Å². The Hall–Kier alpha value is -1.73. The SMILES string of the molecule is CCC(NC(=O)CN1C(=O)NC2(CCSC2)C1=O)c1ccc(Cl)cc1. The summed E-state index contributed by atoms with van der Waals surface area (Å²) in [7, 11) is 0. The predicted octanol–water partition coefficient (Wildman–Crippen LogP) is 2.33. The van der Waals surface area contributed by atoms with E-state index in [1.54, 1.807) is 23.9 Å². The molecule has 8 heteroatoms. The zero-order valence-corrected chi connectivity index (χ0v) is 15.5. The second-order valence-electron chi connectivity index (χ2n) is 6.29. The molecule has 2 unspecified atom stereocenters. The van der Waals surface area contributed by atoms with Gasteiger partial charge in [-0.3, -0.25) is 14.5 Å². The van der Waals surface area contributed by atoms with Crippen LogP contribution in [0.4, 0.5) is 4.79 Å². The van der Waals surface area contributed by atoms with Crippen LogP contribution in [-0.4, -0.2) is 46.3 Å². The third-order valence-corrected chi connectivity index (χ3v) is 6.03. The predicted molar refractivity (Wildman–Crippen MR) is 97.5 cm³/mol. The van der Waals surface area contributed by atoms with Crippen molar-refractivity contribution in [2.45, 2.75) is 31.3 Å². The third-order valence-electron chi connectivity index (χ3n) is 4.59. The zero-order valence-electron chi connectivity index (χ0n) is 13.9. The number of amides is 4. The van der Waals surface area contributed by atoms with Gasteiger partial charge in [0.1, 0.15) is 12.1 Å². The smallest absolute Gasteiger partial charge is 0.325 e. The maximum absolute atomic E-state index is 12.6. The molecule has 2 heterocycles. The lowest BCUT2D eigenvalue weighted by Crippen LogP contribution is -2.47. The second-order valence-corrected chi connectivity index (χ2v) is 7.83. The van der Waals surface area contributed by atoms with Gasteiger partial charge in [-0.25, -0.2) is 4.79 Å². The molecule has 0 bridgehead atoms. The van der Waals surface area contributed by atoms with Gasteiger partial charge in [0.05, 0.1) is 6.04 Å². The number of nitrogens with zero attached hydrogens (tertiary/aromatic N) is 1. The molecule has 0 saturated carbocycles. The maximum atomic E-state index is 12.6. The lowest BCUT2D eigenvalue weighted by molar-refractivity contribution is -0.134. The standard InChI is InChI=1S/C17H20ClN3O3S/c1-2-13(11-3-5-12(18)6-4-11)19-14(22)9-21-15(23)17(20-16(21)24)7-8-25-10-17/h3-6,13H,2,7-10H2,1H3,(H,19,22)(H,20,24). The number of urea groups is 1. The summed E-state index contributed by atoms with van der Waals surface area (Å²) >= 11 is 7.53. The van der Waals surface area contributed by atoms with Crippen LogP contribution in [0.5, 0.6) is 0 Å². The highest BCUT2D eigenvalue weighted by molar-refractivity contribution is 7.99. The lowest BCUT2D eigenvalue weighted by Gasteiger charge is -2.21. The molecular formula is C17H20ClN3O3S.